The summed E-state index contributed by atoms with van der Waals surface area (Å²) in [5.41, 5.74) is 0.348. The fraction of sp³-hybridized carbons (Fsp3) is 0.333. The third kappa shape index (κ3) is 3.65. The molecule has 0 radical (unpaired) electrons. The number of carbonyl (C=O) groups is 4. The first-order valence-corrected chi connectivity index (χ1v) is 7.10. The molecule has 0 atom stereocenters. The van der Waals surface area contributed by atoms with Crippen LogP contribution in [0.3, 0.4) is 0 Å². The lowest BCUT2D eigenvalue weighted by atomic mass is 10.1. The van der Waals surface area contributed by atoms with E-state index < -0.39 is 23.8 Å². The van der Waals surface area contributed by atoms with Gasteiger partial charge in [0.25, 0.3) is 0 Å². The zero-order valence-electron chi connectivity index (χ0n) is 12.5. The van der Waals surface area contributed by atoms with Gasteiger partial charge in [-0.3, -0.25) is 19.8 Å². The van der Waals surface area contributed by atoms with Crippen LogP contribution < -0.4 is 10.1 Å². The van der Waals surface area contributed by atoms with E-state index >= 15 is 0 Å². The average molecular weight is 320 g/mol. The highest BCUT2D eigenvalue weighted by Crippen LogP contribution is 2.22. The summed E-state index contributed by atoms with van der Waals surface area (Å²) >= 11 is 0. The van der Waals surface area contributed by atoms with E-state index in [0.29, 0.717) is 12.2 Å². The normalized spacial score (nSPS) is 14.1. The van der Waals surface area contributed by atoms with Gasteiger partial charge in [0.1, 0.15) is 11.3 Å². The summed E-state index contributed by atoms with van der Waals surface area (Å²) in [4.78, 5) is 46.2. The molecule has 0 aliphatic carbocycles. The van der Waals surface area contributed by atoms with Crippen LogP contribution in [0.5, 0.6) is 5.75 Å². The number of hydrogen-bond acceptors (Lipinski definition) is 5. The standard InChI is InChI=1S/C15H16N2O6/c1-2-3-6-23-11-5-4-9(7-10(11)14(20)21)8-17-13(19)12(18)16-15(17)22/h4-5,7H,2-3,6,8H2,1H3,(H,20,21)(H,16,18,22). The molecule has 23 heavy (non-hydrogen) atoms. The lowest BCUT2D eigenvalue weighted by Crippen LogP contribution is -2.30. The molecule has 4 amide bonds. The number of benzene rings is 1. The number of unbranched alkanes of at least 4 members (excludes halogenated alkanes) is 1. The van der Waals surface area contributed by atoms with E-state index in [4.69, 9.17) is 4.74 Å². The summed E-state index contributed by atoms with van der Waals surface area (Å²) < 4.78 is 5.43. The lowest BCUT2D eigenvalue weighted by Gasteiger charge is -2.14. The number of carbonyl (C=O) groups excluding carboxylic acids is 3. The fourth-order valence-electron chi connectivity index (χ4n) is 2.05. The first kappa shape index (κ1) is 16.5. The number of amides is 4. The first-order valence-electron chi connectivity index (χ1n) is 7.10. The molecule has 8 nitrogen and oxygen atoms in total. The van der Waals surface area contributed by atoms with E-state index in [1.54, 1.807) is 6.07 Å². The molecule has 1 aromatic rings. The molecule has 0 spiro atoms. The lowest BCUT2D eigenvalue weighted by molar-refractivity contribution is -0.140. The van der Waals surface area contributed by atoms with Gasteiger partial charge in [0.15, 0.2) is 0 Å². The Labute approximate surface area is 132 Å². The van der Waals surface area contributed by atoms with Crippen LogP contribution in [0.4, 0.5) is 4.79 Å². The minimum atomic E-state index is -1.17. The molecule has 8 heteroatoms. The van der Waals surface area contributed by atoms with Gasteiger partial charge in [-0.05, 0) is 24.1 Å². The number of urea groups is 1. The molecule has 1 aliphatic rings. The van der Waals surface area contributed by atoms with Crippen molar-refractivity contribution in [3.63, 3.8) is 0 Å². The van der Waals surface area contributed by atoms with E-state index in [9.17, 15) is 24.3 Å². The van der Waals surface area contributed by atoms with Gasteiger partial charge in [-0.2, -0.15) is 0 Å². The number of aromatic carboxylic acids is 1. The Morgan fingerprint density at radius 1 is 1.30 bits per heavy atom. The second kappa shape index (κ2) is 6.91. The van der Waals surface area contributed by atoms with Crippen molar-refractivity contribution >= 4 is 23.8 Å². The smallest absolute Gasteiger partial charge is 0.339 e. The van der Waals surface area contributed by atoms with Crippen molar-refractivity contribution in [2.24, 2.45) is 0 Å². The van der Waals surface area contributed by atoms with Crippen molar-refractivity contribution < 1.29 is 29.0 Å². The molecule has 0 bridgehead atoms. The number of rotatable bonds is 7. The Morgan fingerprint density at radius 2 is 2.04 bits per heavy atom. The molecule has 0 aromatic heterocycles. The number of carboxylic acid groups (broad SMARTS) is 1. The quantitative estimate of drug-likeness (QED) is 0.442. The Balaban J connectivity index is 2.19. The fourth-order valence-corrected chi connectivity index (χ4v) is 2.05. The highest BCUT2D eigenvalue weighted by molar-refractivity contribution is 6.44. The molecule has 2 N–H and O–H groups in total. The van der Waals surface area contributed by atoms with Crippen LogP contribution in [0.25, 0.3) is 0 Å². The number of ether oxygens (including phenoxy) is 1. The second-order valence-electron chi connectivity index (χ2n) is 4.99. The summed E-state index contributed by atoms with van der Waals surface area (Å²) in [6.45, 7) is 2.20. The largest absolute Gasteiger partial charge is 0.493 e. The summed E-state index contributed by atoms with van der Waals surface area (Å²) in [6.07, 6.45) is 1.71. The van der Waals surface area contributed by atoms with Gasteiger partial charge >= 0.3 is 23.8 Å². The van der Waals surface area contributed by atoms with Crippen molar-refractivity contribution in [3.05, 3.63) is 29.3 Å². The van der Waals surface area contributed by atoms with Gasteiger partial charge < -0.3 is 9.84 Å². The molecule has 1 heterocycles. The third-order valence-corrected chi connectivity index (χ3v) is 3.28. The zero-order chi connectivity index (χ0) is 17.0. The molecule has 2 rings (SSSR count). The minimum Gasteiger partial charge on any atom is -0.493 e. The van der Waals surface area contributed by atoms with Crippen LogP contribution in [0, 0.1) is 0 Å². The van der Waals surface area contributed by atoms with Gasteiger partial charge in [0, 0.05) is 0 Å². The maximum atomic E-state index is 11.5. The van der Waals surface area contributed by atoms with Crippen molar-refractivity contribution in [2.45, 2.75) is 26.3 Å². The Kier molecular flexibility index (Phi) is 4.95. The van der Waals surface area contributed by atoms with Crippen LogP contribution in [-0.2, 0) is 16.1 Å². The predicted molar refractivity (Wildman–Crippen MR) is 77.9 cm³/mol. The van der Waals surface area contributed by atoms with Crippen molar-refractivity contribution in [2.75, 3.05) is 6.61 Å². The topological polar surface area (TPSA) is 113 Å². The number of hydrogen-bond donors (Lipinski definition) is 2. The molecule has 122 valence electrons. The predicted octanol–water partition coefficient (Wildman–Crippen LogP) is 1.14. The van der Waals surface area contributed by atoms with Gasteiger partial charge in [-0.25, -0.2) is 9.59 Å². The number of carboxylic acids is 1. The van der Waals surface area contributed by atoms with E-state index in [1.807, 2.05) is 12.2 Å². The third-order valence-electron chi connectivity index (χ3n) is 3.28. The molecule has 1 aromatic carbocycles. The molecule has 0 saturated carbocycles. The highest BCUT2D eigenvalue weighted by Gasteiger charge is 2.36. The summed E-state index contributed by atoms with van der Waals surface area (Å²) in [6, 6.07) is 3.54. The summed E-state index contributed by atoms with van der Waals surface area (Å²) in [5, 5.41) is 11.1. The van der Waals surface area contributed by atoms with Crippen LogP contribution >= 0.6 is 0 Å². The second-order valence-corrected chi connectivity index (χ2v) is 4.99. The molecular weight excluding hydrogens is 304 g/mol. The van der Waals surface area contributed by atoms with E-state index in [1.165, 1.54) is 12.1 Å². The van der Waals surface area contributed by atoms with E-state index in [0.717, 1.165) is 17.7 Å². The summed E-state index contributed by atoms with van der Waals surface area (Å²) in [7, 11) is 0. The van der Waals surface area contributed by atoms with Crippen molar-refractivity contribution in [1.82, 2.24) is 10.2 Å². The Hall–Kier alpha value is -2.90. The van der Waals surface area contributed by atoms with Crippen molar-refractivity contribution in [3.8, 4) is 5.75 Å². The van der Waals surface area contributed by atoms with Gasteiger partial charge in [0.05, 0.1) is 13.2 Å². The van der Waals surface area contributed by atoms with Crippen LogP contribution in [-0.4, -0.2) is 40.4 Å². The maximum absolute atomic E-state index is 11.5. The van der Waals surface area contributed by atoms with E-state index in [2.05, 4.69) is 0 Å². The number of nitrogens with zero attached hydrogens (tertiary/aromatic N) is 1. The van der Waals surface area contributed by atoms with Crippen LogP contribution in [0.1, 0.15) is 35.7 Å². The van der Waals surface area contributed by atoms with Crippen LogP contribution in [0.2, 0.25) is 0 Å². The Bertz CT molecular complexity index is 670. The van der Waals surface area contributed by atoms with Gasteiger partial charge in [0.2, 0.25) is 0 Å². The highest BCUT2D eigenvalue weighted by atomic mass is 16.5. The SMILES string of the molecule is CCCCOc1ccc(CN2C(=O)NC(=O)C2=O)cc1C(=O)O. The monoisotopic (exact) mass is 320 g/mol. The molecule has 1 aliphatic heterocycles. The van der Waals surface area contributed by atoms with Crippen molar-refractivity contribution in [1.29, 1.82) is 0 Å². The minimum absolute atomic E-state index is 0.0583. The van der Waals surface area contributed by atoms with Gasteiger partial charge in [-0.15, -0.1) is 0 Å². The maximum Gasteiger partial charge on any atom is 0.339 e. The Morgan fingerprint density at radius 3 is 2.61 bits per heavy atom. The van der Waals surface area contributed by atoms with Crippen LogP contribution in [0.15, 0.2) is 18.2 Å². The average Bonchev–Trinajstić information content (AvgIpc) is 2.75. The zero-order valence-corrected chi connectivity index (χ0v) is 12.5. The molecule has 1 fully saturated rings. The number of nitrogens with one attached hydrogen (secondary N) is 1. The first-order chi connectivity index (χ1) is 10.9. The summed E-state index contributed by atoms with van der Waals surface area (Å²) in [5.74, 6) is -2.90. The number of imide groups is 2. The molecule has 1 saturated heterocycles. The van der Waals surface area contributed by atoms with E-state index in [-0.39, 0.29) is 17.9 Å². The van der Waals surface area contributed by atoms with Gasteiger partial charge in [-0.1, -0.05) is 19.4 Å². The molecule has 0 unspecified atom stereocenters. The molecular formula is C15H16N2O6.